The van der Waals surface area contributed by atoms with Gasteiger partial charge in [-0.15, -0.1) is 0 Å². The van der Waals surface area contributed by atoms with Gasteiger partial charge in [0.25, 0.3) is 0 Å². The van der Waals surface area contributed by atoms with Crippen molar-refractivity contribution in [1.82, 2.24) is 0 Å². The van der Waals surface area contributed by atoms with E-state index in [0.29, 0.717) is 34.2 Å². The van der Waals surface area contributed by atoms with Crippen LogP contribution in [0.25, 0.3) is 0 Å². The standard InChI is InChI=1S/C15H18N4O/c1-9-3-5-11(12(16)7-9)15(18)19-14-6-4-10(20-2)8-13(14)17/h3-8H,16-17H2,1-2H3,(H2,18,19). The van der Waals surface area contributed by atoms with Gasteiger partial charge in [0.15, 0.2) is 0 Å². The average molecular weight is 270 g/mol. The first kappa shape index (κ1) is 13.7. The molecule has 2 aromatic carbocycles. The van der Waals surface area contributed by atoms with E-state index in [1.54, 1.807) is 25.3 Å². The van der Waals surface area contributed by atoms with Crippen molar-refractivity contribution in [3.05, 3.63) is 47.5 Å². The Morgan fingerprint density at radius 3 is 2.40 bits per heavy atom. The smallest absolute Gasteiger partial charge is 0.133 e. The third-order valence-corrected chi connectivity index (χ3v) is 2.96. The Labute approximate surface area is 118 Å². The lowest BCUT2D eigenvalue weighted by Gasteiger charge is -2.08. The van der Waals surface area contributed by atoms with Gasteiger partial charge in [-0.1, -0.05) is 6.07 Å². The molecule has 0 aliphatic heterocycles. The van der Waals surface area contributed by atoms with Gasteiger partial charge in [0.05, 0.1) is 18.5 Å². The fraction of sp³-hybridized carbons (Fsp3) is 0.133. The number of anilines is 2. The van der Waals surface area contributed by atoms with Gasteiger partial charge in [0, 0.05) is 17.3 Å². The highest BCUT2D eigenvalue weighted by atomic mass is 16.5. The number of amidine groups is 1. The van der Waals surface area contributed by atoms with Gasteiger partial charge in [-0.25, -0.2) is 4.99 Å². The van der Waals surface area contributed by atoms with Crippen molar-refractivity contribution in [3.8, 4) is 5.75 Å². The second-order valence-corrected chi connectivity index (χ2v) is 4.51. The number of nitrogens with zero attached hydrogens (tertiary/aromatic N) is 1. The quantitative estimate of drug-likeness (QED) is 0.452. The van der Waals surface area contributed by atoms with Crippen molar-refractivity contribution >= 4 is 22.9 Å². The summed E-state index contributed by atoms with van der Waals surface area (Å²) in [4.78, 5) is 4.33. The topological polar surface area (TPSA) is 99.6 Å². The highest BCUT2D eigenvalue weighted by Crippen LogP contribution is 2.27. The molecule has 2 aromatic rings. The first-order valence-electron chi connectivity index (χ1n) is 6.15. The number of nitrogens with two attached hydrogens (primary N) is 3. The Morgan fingerprint density at radius 1 is 1.05 bits per heavy atom. The summed E-state index contributed by atoms with van der Waals surface area (Å²) >= 11 is 0. The Hall–Kier alpha value is -2.69. The van der Waals surface area contributed by atoms with Crippen LogP contribution in [0.4, 0.5) is 17.1 Å². The lowest BCUT2D eigenvalue weighted by atomic mass is 10.1. The van der Waals surface area contributed by atoms with Crippen molar-refractivity contribution in [1.29, 1.82) is 0 Å². The van der Waals surface area contributed by atoms with Gasteiger partial charge in [0.2, 0.25) is 0 Å². The van der Waals surface area contributed by atoms with E-state index in [9.17, 15) is 0 Å². The lowest BCUT2D eigenvalue weighted by molar-refractivity contribution is 0.415. The van der Waals surface area contributed by atoms with Gasteiger partial charge in [0.1, 0.15) is 11.6 Å². The van der Waals surface area contributed by atoms with E-state index in [0.717, 1.165) is 5.56 Å². The number of aliphatic imine (C=N–C) groups is 1. The molecule has 0 atom stereocenters. The summed E-state index contributed by atoms with van der Waals surface area (Å²) in [6.45, 7) is 1.97. The summed E-state index contributed by atoms with van der Waals surface area (Å²) in [5.41, 5.74) is 21.3. The van der Waals surface area contributed by atoms with E-state index in [-0.39, 0.29) is 0 Å². The summed E-state index contributed by atoms with van der Waals surface area (Å²) < 4.78 is 5.09. The van der Waals surface area contributed by atoms with Crippen LogP contribution in [-0.4, -0.2) is 12.9 Å². The molecule has 0 unspecified atom stereocenters. The monoisotopic (exact) mass is 270 g/mol. The molecular weight excluding hydrogens is 252 g/mol. The van der Waals surface area contributed by atoms with Gasteiger partial charge in [-0.2, -0.15) is 0 Å². The van der Waals surface area contributed by atoms with Gasteiger partial charge in [-0.05, 0) is 36.8 Å². The van der Waals surface area contributed by atoms with Crippen LogP contribution in [0, 0.1) is 6.92 Å². The fourth-order valence-corrected chi connectivity index (χ4v) is 1.87. The molecule has 0 saturated heterocycles. The zero-order valence-electron chi connectivity index (χ0n) is 11.6. The third-order valence-electron chi connectivity index (χ3n) is 2.96. The van der Waals surface area contributed by atoms with Crippen molar-refractivity contribution in [3.63, 3.8) is 0 Å². The molecule has 5 heteroatoms. The highest BCUT2D eigenvalue weighted by molar-refractivity contribution is 6.03. The van der Waals surface area contributed by atoms with Gasteiger partial charge in [-0.3, -0.25) is 0 Å². The van der Waals surface area contributed by atoms with Crippen molar-refractivity contribution in [2.45, 2.75) is 6.92 Å². The number of methoxy groups -OCH3 is 1. The maximum absolute atomic E-state index is 6.00. The maximum Gasteiger partial charge on any atom is 0.133 e. The predicted molar refractivity (Wildman–Crippen MR) is 83.4 cm³/mol. The zero-order chi connectivity index (χ0) is 14.7. The van der Waals surface area contributed by atoms with E-state index in [1.807, 2.05) is 25.1 Å². The van der Waals surface area contributed by atoms with Crippen LogP contribution < -0.4 is 21.9 Å². The summed E-state index contributed by atoms with van der Waals surface area (Å²) in [5, 5.41) is 0. The number of benzene rings is 2. The molecule has 0 amide bonds. The second-order valence-electron chi connectivity index (χ2n) is 4.51. The molecule has 0 saturated carbocycles. The average Bonchev–Trinajstić information content (AvgIpc) is 2.40. The summed E-state index contributed by atoms with van der Waals surface area (Å²) in [6, 6.07) is 10.9. The molecule has 0 bridgehead atoms. The molecule has 0 radical (unpaired) electrons. The summed E-state index contributed by atoms with van der Waals surface area (Å²) in [5.74, 6) is 1.01. The number of rotatable bonds is 3. The first-order chi connectivity index (χ1) is 9.51. The lowest BCUT2D eigenvalue weighted by Crippen LogP contribution is -2.15. The Morgan fingerprint density at radius 2 is 1.80 bits per heavy atom. The SMILES string of the molecule is COc1ccc(N=C(N)c2ccc(C)cc2N)c(N)c1. The number of nitrogen functional groups attached to an aromatic ring is 2. The Kier molecular flexibility index (Phi) is 3.79. The van der Waals surface area contributed by atoms with Crippen LogP contribution in [0.1, 0.15) is 11.1 Å². The van der Waals surface area contributed by atoms with Crippen LogP contribution >= 0.6 is 0 Å². The van der Waals surface area contributed by atoms with Crippen molar-refractivity contribution < 1.29 is 4.74 Å². The van der Waals surface area contributed by atoms with Crippen molar-refractivity contribution in [2.24, 2.45) is 10.7 Å². The molecule has 20 heavy (non-hydrogen) atoms. The number of aryl methyl sites for hydroxylation is 1. The molecular formula is C15H18N4O. The van der Waals surface area contributed by atoms with Crippen LogP contribution in [0.5, 0.6) is 5.75 Å². The zero-order valence-corrected chi connectivity index (χ0v) is 11.6. The fourth-order valence-electron chi connectivity index (χ4n) is 1.87. The largest absolute Gasteiger partial charge is 0.497 e. The minimum atomic E-state index is 0.333. The van der Waals surface area contributed by atoms with Crippen molar-refractivity contribution in [2.75, 3.05) is 18.6 Å². The minimum Gasteiger partial charge on any atom is -0.497 e. The second kappa shape index (κ2) is 5.52. The van der Waals surface area contributed by atoms with E-state index in [1.165, 1.54) is 0 Å². The molecule has 5 nitrogen and oxygen atoms in total. The van der Waals surface area contributed by atoms with E-state index >= 15 is 0 Å². The van der Waals surface area contributed by atoms with Gasteiger partial charge < -0.3 is 21.9 Å². The predicted octanol–water partition coefficient (Wildman–Crippen LogP) is 2.21. The molecule has 6 N–H and O–H groups in total. The molecule has 2 rings (SSSR count). The Balaban J connectivity index is 2.39. The van der Waals surface area contributed by atoms with Crippen LogP contribution in [0.3, 0.4) is 0 Å². The maximum atomic E-state index is 6.00. The van der Waals surface area contributed by atoms with E-state index in [2.05, 4.69) is 4.99 Å². The summed E-state index contributed by atoms with van der Waals surface area (Å²) in [6.07, 6.45) is 0. The number of ether oxygens (including phenoxy) is 1. The van der Waals surface area contributed by atoms with Gasteiger partial charge >= 0.3 is 0 Å². The third kappa shape index (κ3) is 2.83. The van der Waals surface area contributed by atoms with Crippen LogP contribution in [-0.2, 0) is 0 Å². The normalized spacial score (nSPS) is 11.4. The number of hydrogen-bond donors (Lipinski definition) is 3. The molecule has 0 fully saturated rings. The number of hydrogen-bond acceptors (Lipinski definition) is 4. The molecule has 0 aromatic heterocycles. The Bertz CT molecular complexity index is 665. The van der Waals surface area contributed by atoms with E-state index in [4.69, 9.17) is 21.9 Å². The highest BCUT2D eigenvalue weighted by Gasteiger charge is 2.06. The molecule has 0 aliphatic carbocycles. The molecule has 0 aliphatic rings. The summed E-state index contributed by atoms with van der Waals surface area (Å²) in [7, 11) is 1.58. The van der Waals surface area contributed by atoms with E-state index < -0.39 is 0 Å². The minimum absolute atomic E-state index is 0.333. The van der Waals surface area contributed by atoms with Crippen LogP contribution in [0.2, 0.25) is 0 Å². The molecule has 0 heterocycles. The molecule has 104 valence electrons. The van der Waals surface area contributed by atoms with Crippen LogP contribution in [0.15, 0.2) is 41.4 Å². The molecule has 0 spiro atoms. The first-order valence-corrected chi connectivity index (χ1v) is 6.15.